The third kappa shape index (κ3) is 3.18. The molecular weight excluding hydrogens is 386 g/mol. The number of benzene rings is 1. The van der Waals surface area contributed by atoms with Gasteiger partial charge < -0.3 is 14.5 Å². The van der Waals surface area contributed by atoms with Crippen LogP contribution in [-0.4, -0.2) is 32.7 Å². The van der Waals surface area contributed by atoms with E-state index < -0.39 is 16.7 Å². The summed E-state index contributed by atoms with van der Waals surface area (Å²) in [6.45, 7) is 1.78. The highest BCUT2D eigenvalue weighted by molar-refractivity contribution is 7.20. The fourth-order valence-corrected chi connectivity index (χ4v) is 3.53. The van der Waals surface area contributed by atoms with Crippen LogP contribution in [0.3, 0.4) is 0 Å². The lowest BCUT2D eigenvalue weighted by atomic mass is 10.3. The Morgan fingerprint density at radius 2 is 2.14 bits per heavy atom. The second-order valence-corrected chi connectivity index (χ2v) is 6.77. The molecule has 0 atom stereocenters. The molecule has 1 N–H and O–H groups in total. The molecule has 3 aromatic heterocycles. The minimum absolute atomic E-state index is 0.175. The first-order chi connectivity index (χ1) is 13.4. The molecule has 0 aliphatic heterocycles. The Kier molecular flexibility index (Phi) is 4.28. The average molecular weight is 399 g/mol. The monoisotopic (exact) mass is 399 g/mol. The number of furan rings is 1. The predicted molar refractivity (Wildman–Crippen MR) is 101 cm³/mol. The van der Waals surface area contributed by atoms with E-state index in [1.807, 2.05) is 18.2 Å². The molecule has 0 saturated carbocycles. The number of ether oxygens (including phenoxy) is 1. The molecule has 142 valence electrons. The maximum Gasteiger partial charge on any atom is 0.433 e. The SMILES string of the molecule is COc1ccc2nc(-n3nc(C)cc3NC(=O)c3ccc([N+](=O)[O-])o3)sc2c1. The molecule has 3 heterocycles. The van der Waals surface area contributed by atoms with Crippen LogP contribution in [-0.2, 0) is 0 Å². The highest BCUT2D eigenvalue weighted by Crippen LogP contribution is 2.30. The van der Waals surface area contributed by atoms with Crippen molar-refractivity contribution < 1.29 is 18.9 Å². The zero-order chi connectivity index (χ0) is 19.8. The highest BCUT2D eigenvalue weighted by atomic mass is 32.1. The Bertz CT molecular complexity index is 1210. The first-order valence-electron chi connectivity index (χ1n) is 8.02. The van der Waals surface area contributed by atoms with Gasteiger partial charge in [0.25, 0.3) is 5.91 Å². The largest absolute Gasteiger partial charge is 0.497 e. The number of aryl methyl sites for hydroxylation is 1. The van der Waals surface area contributed by atoms with Gasteiger partial charge >= 0.3 is 5.88 Å². The number of nitrogens with zero attached hydrogens (tertiary/aromatic N) is 4. The molecule has 28 heavy (non-hydrogen) atoms. The molecule has 0 fully saturated rings. The Morgan fingerprint density at radius 3 is 2.86 bits per heavy atom. The van der Waals surface area contributed by atoms with Crippen LogP contribution in [0.5, 0.6) is 5.75 Å². The van der Waals surface area contributed by atoms with Crippen LogP contribution in [0.2, 0.25) is 0 Å². The molecule has 4 rings (SSSR count). The maximum absolute atomic E-state index is 12.4. The van der Waals surface area contributed by atoms with Gasteiger partial charge in [0.05, 0.1) is 29.1 Å². The first kappa shape index (κ1) is 17.7. The number of rotatable bonds is 5. The Balaban J connectivity index is 1.66. The quantitative estimate of drug-likeness (QED) is 0.402. The summed E-state index contributed by atoms with van der Waals surface area (Å²) < 4.78 is 12.6. The van der Waals surface area contributed by atoms with Crippen molar-refractivity contribution in [1.82, 2.24) is 14.8 Å². The van der Waals surface area contributed by atoms with Gasteiger partial charge in [0.1, 0.15) is 16.5 Å². The van der Waals surface area contributed by atoms with Crippen LogP contribution in [0.4, 0.5) is 11.7 Å². The van der Waals surface area contributed by atoms with E-state index in [2.05, 4.69) is 15.4 Å². The van der Waals surface area contributed by atoms with Crippen LogP contribution in [0.25, 0.3) is 15.3 Å². The standard InChI is InChI=1S/C17H13N5O5S/c1-9-7-14(19-16(23)12-5-6-15(27-12)22(24)25)21(20-9)17-18-11-4-3-10(26-2)8-13(11)28-17/h3-8H,1-2H3,(H,19,23). The van der Waals surface area contributed by atoms with E-state index in [1.54, 1.807) is 20.1 Å². The van der Waals surface area contributed by atoms with Crippen molar-refractivity contribution in [2.24, 2.45) is 0 Å². The van der Waals surface area contributed by atoms with Gasteiger partial charge in [-0.15, -0.1) is 0 Å². The zero-order valence-electron chi connectivity index (χ0n) is 14.7. The van der Waals surface area contributed by atoms with Crippen molar-refractivity contribution in [3.05, 3.63) is 58.0 Å². The van der Waals surface area contributed by atoms with Crippen LogP contribution in [0, 0.1) is 17.0 Å². The van der Waals surface area contributed by atoms with Gasteiger partial charge in [-0.25, -0.2) is 4.98 Å². The fourth-order valence-electron chi connectivity index (χ4n) is 2.57. The summed E-state index contributed by atoms with van der Waals surface area (Å²) >= 11 is 1.38. The van der Waals surface area contributed by atoms with Crippen molar-refractivity contribution in [2.75, 3.05) is 12.4 Å². The summed E-state index contributed by atoms with van der Waals surface area (Å²) in [5, 5.41) is 18.3. The number of thiazole rings is 1. The van der Waals surface area contributed by atoms with E-state index in [-0.39, 0.29) is 5.76 Å². The van der Waals surface area contributed by atoms with Crippen LogP contribution in [0.1, 0.15) is 16.2 Å². The molecular formula is C17H13N5O5S. The van der Waals surface area contributed by atoms with Crippen LogP contribution in [0.15, 0.2) is 40.8 Å². The summed E-state index contributed by atoms with van der Waals surface area (Å²) in [6, 6.07) is 9.55. The Hall–Kier alpha value is -3.73. The summed E-state index contributed by atoms with van der Waals surface area (Å²) in [5.74, 6) is -0.224. The molecule has 0 radical (unpaired) electrons. The van der Waals surface area contributed by atoms with Gasteiger partial charge in [0, 0.05) is 6.07 Å². The van der Waals surface area contributed by atoms with Crippen LogP contribution < -0.4 is 10.1 Å². The number of carbonyl (C=O) groups excluding carboxylic acids is 1. The van der Waals surface area contributed by atoms with Gasteiger partial charge in [0.15, 0.2) is 5.76 Å². The molecule has 11 heteroatoms. The summed E-state index contributed by atoms with van der Waals surface area (Å²) in [7, 11) is 1.59. The first-order valence-corrected chi connectivity index (χ1v) is 8.83. The van der Waals surface area contributed by atoms with E-state index >= 15 is 0 Å². The zero-order valence-corrected chi connectivity index (χ0v) is 15.5. The van der Waals surface area contributed by atoms with Crippen LogP contribution >= 0.6 is 11.3 Å². The van der Waals surface area contributed by atoms with Crippen molar-refractivity contribution in [2.45, 2.75) is 6.92 Å². The number of nitrogens with one attached hydrogen (secondary N) is 1. The third-order valence-electron chi connectivity index (χ3n) is 3.83. The molecule has 0 aliphatic carbocycles. The number of anilines is 1. The summed E-state index contributed by atoms with van der Waals surface area (Å²) in [5.41, 5.74) is 1.44. The van der Waals surface area contributed by atoms with Gasteiger partial charge in [-0.3, -0.25) is 14.9 Å². The molecule has 0 aliphatic rings. The lowest BCUT2D eigenvalue weighted by Crippen LogP contribution is -2.14. The maximum atomic E-state index is 12.4. The molecule has 10 nitrogen and oxygen atoms in total. The van der Waals surface area contributed by atoms with Crippen molar-refractivity contribution >= 4 is 39.2 Å². The number of nitro groups is 1. The highest BCUT2D eigenvalue weighted by Gasteiger charge is 2.20. The normalized spacial score (nSPS) is 10.9. The number of aromatic nitrogens is 3. The van der Waals surface area contributed by atoms with E-state index in [1.165, 1.54) is 22.1 Å². The predicted octanol–water partition coefficient (Wildman–Crippen LogP) is 3.55. The Labute approximate surface area is 161 Å². The molecule has 0 unspecified atom stereocenters. The number of hydrogen-bond acceptors (Lipinski definition) is 8. The summed E-state index contributed by atoms with van der Waals surface area (Å²) in [4.78, 5) is 26.9. The number of hydrogen-bond donors (Lipinski definition) is 1. The van der Waals surface area contributed by atoms with Gasteiger partial charge in [-0.05, 0) is 31.2 Å². The van der Waals surface area contributed by atoms with Crippen molar-refractivity contribution in [1.29, 1.82) is 0 Å². The molecule has 1 amide bonds. The number of methoxy groups -OCH3 is 1. The molecule has 1 aromatic carbocycles. The number of fused-ring (bicyclic) bond motifs is 1. The Morgan fingerprint density at radius 1 is 1.32 bits per heavy atom. The lowest BCUT2D eigenvalue weighted by Gasteiger charge is -2.04. The minimum atomic E-state index is -0.708. The van der Waals surface area contributed by atoms with Crippen molar-refractivity contribution in [3.63, 3.8) is 0 Å². The number of carbonyl (C=O) groups is 1. The van der Waals surface area contributed by atoms with Crippen molar-refractivity contribution in [3.8, 4) is 10.9 Å². The van der Waals surface area contributed by atoms with E-state index in [0.29, 0.717) is 22.4 Å². The molecule has 0 bridgehead atoms. The topological polar surface area (TPSA) is 125 Å². The fraction of sp³-hybridized carbons (Fsp3) is 0.118. The number of amides is 1. The smallest absolute Gasteiger partial charge is 0.433 e. The lowest BCUT2D eigenvalue weighted by molar-refractivity contribution is -0.402. The van der Waals surface area contributed by atoms with E-state index in [0.717, 1.165) is 16.3 Å². The van der Waals surface area contributed by atoms with Gasteiger partial charge in [0.2, 0.25) is 5.13 Å². The average Bonchev–Trinajstić information content (AvgIpc) is 3.38. The summed E-state index contributed by atoms with van der Waals surface area (Å²) in [6.07, 6.45) is 0. The minimum Gasteiger partial charge on any atom is -0.497 e. The van der Waals surface area contributed by atoms with Gasteiger partial charge in [-0.2, -0.15) is 9.78 Å². The third-order valence-corrected chi connectivity index (χ3v) is 4.83. The second kappa shape index (κ2) is 6.78. The molecule has 0 spiro atoms. The second-order valence-electron chi connectivity index (χ2n) is 5.76. The van der Waals surface area contributed by atoms with E-state index in [9.17, 15) is 14.9 Å². The molecule has 4 aromatic rings. The van der Waals surface area contributed by atoms with Gasteiger partial charge in [-0.1, -0.05) is 11.3 Å². The molecule has 0 saturated heterocycles. The van der Waals surface area contributed by atoms with E-state index in [4.69, 9.17) is 9.15 Å².